The topological polar surface area (TPSA) is 117 Å². The molecule has 2 heterocycles. The van der Waals surface area contributed by atoms with Crippen LogP contribution in [0.5, 0.6) is 0 Å². The number of halogens is 4. The van der Waals surface area contributed by atoms with Gasteiger partial charge in [-0.05, 0) is 41.7 Å². The summed E-state index contributed by atoms with van der Waals surface area (Å²) in [5.41, 5.74) is -4.30. The van der Waals surface area contributed by atoms with E-state index in [0.717, 1.165) is 12.5 Å². The van der Waals surface area contributed by atoms with E-state index >= 15 is 0 Å². The molecule has 1 aromatic carbocycles. The first-order chi connectivity index (χ1) is 15.7. The first-order valence-corrected chi connectivity index (χ1v) is 14.4. The molecule has 0 aliphatic rings. The van der Waals surface area contributed by atoms with E-state index in [2.05, 4.69) is 9.97 Å². The van der Waals surface area contributed by atoms with Crippen LogP contribution in [0.3, 0.4) is 0 Å². The number of aliphatic hydroxyl groups is 1. The van der Waals surface area contributed by atoms with Crippen molar-refractivity contribution in [3.8, 4) is 0 Å². The van der Waals surface area contributed by atoms with Gasteiger partial charge in [-0.3, -0.25) is 0 Å². The Bertz CT molecular complexity index is 1500. The largest absolute Gasteiger partial charge is 0.417 e. The molecular formula is C22H24ClF3N2O5S2. The van der Waals surface area contributed by atoms with Crippen LogP contribution in [-0.4, -0.2) is 56.2 Å². The summed E-state index contributed by atoms with van der Waals surface area (Å²) in [7, 11) is -7.46. The van der Waals surface area contributed by atoms with Crippen molar-refractivity contribution in [1.82, 2.24) is 9.97 Å². The molecule has 0 amide bonds. The van der Waals surface area contributed by atoms with E-state index in [1.54, 1.807) is 0 Å². The van der Waals surface area contributed by atoms with Gasteiger partial charge in [0.1, 0.15) is 0 Å². The van der Waals surface area contributed by atoms with Crippen LogP contribution in [0, 0.1) is 0 Å². The number of rotatable bonds is 7. The third-order valence-corrected chi connectivity index (χ3v) is 8.09. The number of aromatic amines is 1. The summed E-state index contributed by atoms with van der Waals surface area (Å²) in [5, 5.41) is 11.1. The highest BCUT2D eigenvalue weighted by Crippen LogP contribution is 2.44. The number of aromatic nitrogens is 2. The van der Waals surface area contributed by atoms with Crippen LogP contribution in [0.2, 0.25) is 5.02 Å². The molecule has 7 nitrogen and oxygen atoms in total. The molecule has 0 fully saturated rings. The Kier molecular flexibility index (Phi) is 6.86. The maximum absolute atomic E-state index is 14.2. The van der Waals surface area contributed by atoms with E-state index in [0.29, 0.717) is 10.9 Å². The minimum atomic E-state index is -5.07. The fourth-order valence-corrected chi connectivity index (χ4v) is 6.04. The standard InChI is InChI=1S/C22H24ClF3N2O5S2/c1-20(2,16-6-5-14(23)9-18(16)34(3,30)31)12-21(29,22(24,25)26)10-15-7-13-8-19(35(4,32)33)27-11-17(13)28-15/h5-9,11,28-29H,10,12H2,1-4H3/t21-/m0/s1. The van der Waals surface area contributed by atoms with Gasteiger partial charge in [0.2, 0.25) is 0 Å². The third kappa shape index (κ3) is 5.82. The Labute approximate surface area is 206 Å². The summed E-state index contributed by atoms with van der Waals surface area (Å²) in [5.74, 6) is 0. The van der Waals surface area contributed by atoms with Crippen LogP contribution >= 0.6 is 11.6 Å². The number of benzene rings is 1. The number of H-pyrrole nitrogens is 1. The predicted octanol–water partition coefficient (Wildman–Crippen LogP) is 4.23. The number of pyridine rings is 1. The van der Waals surface area contributed by atoms with E-state index in [1.165, 1.54) is 50.4 Å². The molecule has 0 spiro atoms. The fourth-order valence-electron chi connectivity index (χ4n) is 4.14. The zero-order valence-electron chi connectivity index (χ0n) is 19.2. The molecule has 0 aliphatic carbocycles. The Morgan fingerprint density at radius 1 is 1.03 bits per heavy atom. The summed E-state index contributed by atoms with van der Waals surface area (Å²) >= 11 is 5.92. The lowest BCUT2D eigenvalue weighted by atomic mass is 9.73. The van der Waals surface area contributed by atoms with Crippen LogP contribution in [0.4, 0.5) is 13.2 Å². The average molecular weight is 553 g/mol. The molecule has 0 unspecified atom stereocenters. The molecule has 3 aromatic rings. The second-order valence-corrected chi connectivity index (χ2v) is 13.7. The Balaban J connectivity index is 2.05. The maximum Gasteiger partial charge on any atom is 0.417 e. The van der Waals surface area contributed by atoms with Crippen molar-refractivity contribution < 1.29 is 35.1 Å². The first kappa shape index (κ1) is 27.4. The van der Waals surface area contributed by atoms with Crippen molar-refractivity contribution in [1.29, 1.82) is 0 Å². The van der Waals surface area contributed by atoms with Crippen molar-refractivity contribution in [3.05, 3.63) is 52.8 Å². The third-order valence-electron chi connectivity index (χ3n) is 5.73. The molecule has 192 valence electrons. The minimum absolute atomic E-state index is 0.00233. The summed E-state index contributed by atoms with van der Waals surface area (Å²) < 4.78 is 90.7. The van der Waals surface area contributed by atoms with E-state index in [-0.39, 0.29) is 26.2 Å². The van der Waals surface area contributed by atoms with E-state index in [9.17, 15) is 35.1 Å². The average Bonchev–Trinajstić information content (AvgIpc) is 3.06. The zero-order valence-corrected chi connectivity index (χ0v) is 21.6. The number of fused-ring (bicyclic) bond motifs is 1. The van der Waals surface area contributed by atoms with Gasteiger partial charge in [0.25, 0.3) is 0 Å². The summed E-state index contributed by atoms with van der Waals surface area (Å²) in [6.07, 6.45) is -3.74. The van der Waals surface area contributed by atoms with Crippen molar-refractivity contribution in [2.24, 2.45) is 0 Å². The summed E-state index contributed by atoms with van der Waals surface area (Å²) in [6, 6.07) is 6.44. The number of nitrogens with one attached hydrogen (secondary N) is 1. The van der Waals surface area contributed by atoms with Gasteiger partial charge in [-0.25, -0.2) is 21.8 Å². The molecule has 2 N–H and O–H groups in total. The zero-order chi connectivity index (χ0) is 26.6. The second-order valence-electron chi connectivity index (χ2n) is 9.36. The van der Waals surface area contributed by atoms with Crippen molar-refractivity contribution in [3.63, 3.8) is 0 Å². The van der Waals surface area contributed by atoms with Crippen LogP contribution in [0.25, 0.3) is 10.9 Å². The van der Waals surface area contributed by atoms with Crippen LogP contribution in [0.1, 0.15) is 31.5 Å². The number of alkyl halides is 3. The molecule has 35 heavy (non-hydrogen) atoms. The quantitative estimate of drug-likeness (QED) is 0.453. The lowest BCUT2D eigenvalue weighted by molar-refractivity contribution is -0.266. The van der Waals surface area contributed by atoms with Gasteiger partial charge < -0.3 is 10.1 Å². The molecular weight excluding hydrogens is 529 g/mol. The summed E-state index contributed by atoms with van der Waals surface area (Å²) in [6.45, 7) is 2.82. The maximum atomic E-state index is 14.2. The van der Waals surface area contributed by atoms with Gasteiger partial charge in [0.05, 0.1) is 16.6 Å². The van der Waals surface area contributed by atoms with Gasteiger partial charge in [-0.15, -0.1) is 0 Å². The highest BCUT2D eigenvalue weighted by molar-refractivity contribution is 7.91. The van der Waals surface area contributed by atoms with Crippen LogP contribution in [-0.2, 0) is 31.5 Å². The first-order valence-electron chi connectivity index (χ1n) is 10.2. The van der Waals surface area contributed by atoms with Crippen molar-refractivity contribution in [2.75, 3.05) is 12.5 Å². The highest BCUT2D eigenvalue weighted by Gasteiger charge is 2.56. The fraction of sp³-hybridized carbons (Fsp3) is 0.409. The minimum Gasteiger partial charge on any atom is -0.380 e. The van der Waals surface area contributed by atoms with Crippen LogP contribution in [0.15, 0.2) is 46.5 Å². The Hall–Kier alpha value is -2.15. The van der Waals surface area contributed by atoms with E-state index in [4.69, 9.17) is 11.6 Å². The van der Waals surface area contributed by atoms with Crippen LogP contribution < -0.4 is 0 Å². The monoisotopic (exact) mass is 552 g/mol. The molecule has 0 saturated heterocycles. The molecule has 0 aliphatic heterocycles. The lowest BCUT2D eigenvalue weighted by Gasteiger charge is -2.38. The molecule has 0 radical (unpaired) electrons. The number of nitrogens with zero attached hydrogens (tertiary/aromatic N) is 1. The Morgan fingerprint density at radius 2 is 1.66 bits per heavy atom. The SMILES string of the molecule is CC(C)(C[C@@](O)(Cc1cc2cc(S(C)(=O)=O)ncc2[nH]1)C(F)(F)F)c1ccc(Cl)cc1S(C)(=O)=O. The second kappa shape index (κ2) is 8.75. The molecule has 1 atom stereocenters. The molecule has 0 saturated carbocycles. The van der Waals surface area contributed by atoms with E-state index < -0.39 is 49.7 Å². The highest BCUT2D eigenvalue weighted by atomic mass is 35.5. The van der Waals surface area contributed by atoms with Crippen molar-refractivity contribution >= 4 is 42.2 Å². The number of sulfone groups is 2. The van der Waals surface area contributed by atoms with Gasteiger partial charge >= 0.3 is 6.18 Å². The lowest BCUT2D eigenvalue weighted by Crippen LogP contribution is -2.51. The van der Waals surface area contributed by atoms with Crippen molar-refractivity contribution in [2.45, 2.75) is 53.8 Å². The van der Waals surface area contributed by atoms with Gasteiger partial charge in [0, 0.05) is 35.0 Å². The molecule has 2 aromatic heterocycles. The van der Waals surface area contributed by atoms with E-state index in [1.807, 2.05) is 0 Å². The number of hydrogen-bond donors (Lipinski definition) is 2. The van der Waals surface area contributed by atoms with Gasteiger partial charge in [-0.1, -0.05) is 31.5 Å². The molecule has 3 rings (SSSR count). The molecule has 0 bridgehead atoms. The van der Waals surface area contributed by atoms with Gasteiger partial charge in [0.15, 0.2) is 30.3 Å². The number of hydrogen-bond acceptors (Lipinski definition) is 6. The Morgan fingerprint density at radius 3 is 2.20 bits per heavy atom. The predicted molar refractivity (Wildman–Crippen MR) is 126 cm³/mol. The normalized spacial score (nSPS) is 15.3. The smallest absolute Gasteiger partial charge is 0.380 e. The summed E-state index contributed by atoms with van der Waals surface area (Å²) in [4.78, 5) is 6.33. The van der Waals surface area contributed by atoms with Gasteiger partial charge in [-0.2, -0.15) is 13.2 Å². The molecule has 13 heteroatoms.